The van der Waals surface area contributed by atoms with Crippen LogP contribution in [0, 0.1) is 0 Å². The van der Waals surface area contributed by atoms with E-state index in [1.54, 1.807) is 31.2 Å². The van der Waals surface area contributed by atoms with Gasteiger partial charge >= 0.3 is 5.97 Å². The molecule has 0 unspecified atom stereocenters. The summed E-state index contributed by atoms with van der Waals surface area (Å²) >= 11 is 0. The number of ether oxygens (including phenoxy) is 1. The largest absolute Gasteiger partial charge is 0.462 e. The zero-order valence-corrected chi connectivity index (χ0v) is 9.03. The molecule has 4 nitrogen and oxygen atoms in total. The zero-order chi connectivity index (χ0) is 12.0. The van der Waals surface area contributed by atoms with Crippen LogP contribution >= 0.6 is 0 Å². The van der Waals surface area contributed by atoms with E-state index in [0.29, 0.717) is 17.9 Å². The third kappa shape index (κ3) is 3.24. The number of amides is 1. The van der Waals surface area contributed by atoms with Crippen molar-refractivity contribution >= 4 is 17.6 Å². The lowest BCUT2D eigenvalue weighted by molar-refractivity contribution is -0.111. The molecule has 1 aromatic rings. The minimum Gasteiger partial charge on any atom is -0.462 e. The van der Waals surface area contributed by atoms with E-state index in [4.69, 9.17) is 4.74 Å². The summed E-state index contributed by atoms with van der Waals surface area (Å²) in [6.45, 7) is 5.40. The summed E-state index contributed by atoms with van der Waals surface area (Å²) in [5.74, 6) is -0.724. The first kappa shape index (κ1) is 12.0. The first-order valence-corrected chi connectivity index (χ1v) is 4.88. The van der Waals surface area contributed by atoms with Gasteiger partial charge in [0.1, 0.15) is 0 Å². The average Bonchev–Trinajstić information content (AvgIpc) is 2.29. The molecule has 0 fully saturated rings. The number of carbonyl (C=O) groups is 2. The highest BCUT2D eigenvalue weighted by Crippen LogP contribution is 2.11. The number of anilines is 1. The molecule has 0 aliphatic rings. The number of hydrogen-bond acceptors (Lipinski definition) is 3. The fourth-order valence-electron chi connectivity index (χ4n) is 1.13. The van der Waals surface area contributed by atoms with Crippen LogP contribution in [0.5, 0.6) is 0 Å². The molecule has 1 rings (SSSR count). The maximum absolute atomic E-state index is 11.4. The number of benzene rings is 1. The third-order valence-corrected chi connectivity index (χ3v) is 1.83. The van der Waals surface area contributed by atoms with Gasteiger partial charge in [-0.05, 0) is 31.2 Å². The van der Waals surface area contributed by atoms with Gasteiger partial charge in [-0.15, -0.1) is 0 Å². The molecule has 0 saturated heterocycles. The van der Waals surface area contributed by atoms with E-state index in [9.17, 15) is 9.59 Å². The van der Waals surface area contributed by atoms with Gasteiger partial charge in [0.25, 0.3) is 0 Å². The fraction of sp³-hybridized carbons (Fsp3) is 0.167. The highest BCUT2D eigenvalue weighted by molar-refractivity contribution is 6.00. The van der Waals surface area contributed by atoms with Gasteiger partial charge in [0.05, 0.1) is 12.2 Å². The molecule has 1 aromatic carbocycles. The van der Waals surface area contributed by atoms with Gasteiger partial charge in [0.15, 0.2) is 0 Å². The number of hydrogen-bond donors (Lipinski definition) is 1. The topological polar surface area (TPSA) is 55.4 Å². The lowest BCUT2D eigenvalue weighted by Gasteiger charge is -2.05. The van der Waals surface area contributed by atoms with Crippen LogP contribution in [0.25, 0.3) is 0 Å². The Morgan fingerprint density at radius 3 is 2.88 bits per heavy atom. The smallest absolute Gasteiger partial charge is 0.338 e. The maximum Gasteiger partial charge on any atom is 0.338 e. The van der Waals surface area contributed by atoms with E-state index in [1.165, 1.54) is 0 Å². The first-order chi connectivity index (χ1) is 7.67. The molecule has 0 radical (unpaired) electrons. The van der Waals surface area contributed by atoms with Crippen LogP contribution in [0.1, 0.15) is 17.3 Å². The molecule has 1 N–H and O–H groups in total. The van der Waals surface area contributed by atoms with Crippen LogP contribution in [0.15, 0.2) is 36.9 Å². The zero-order valence-electron chi connectivity index (χ0n) is 9.03. The highest BCUT2D eigenvalue weighted by Gasteiger charge is 2.07. The maximum atomic E-state index is 11.4. The van der Waals surface area contributed by atoms with Gasteiger partial charge in [-0.1, -0.05) is 12.6 Å². The molecule has 84 valence electrons. The second kappa shape index (κ2) is 5.70. The summed E-state index contributed by atoms with van der Waals surface area (Å²) in [6, 6.07) is 6.54. The van der Waals surface area contributed by atoms with E-state index in [1.807, 2.05) is 0 Å². The van der Waals surface area contributed by atoms with Crippen LogP contribution in [-0.4, -0.2) is 18.5 Å². The summed E-state index contributed by atoms with van der Waals surface area (Å²) in [6.07, 6.45) is 1.16. The van der Waals surface area contributed by atoms with Gasteiger partial charge in [-0.3, -0.25) is 4.79 Å². The first-order valence-electron chi connectivity index (χ1n) is 4.88. The number of carbonyl (C=O) groups excluding carboxylic acids is 2. The summed E-state index contributed by atoms with van der Waals surface area (Å²) in [5.41, 5.74) is 0.944. The molecule has 0 aliphatic carbocycles. The Morgan fingerprint density at radius 1 is 1.50 bits per heavy atom. The Hall–Kier alpha value is -2.10. The highest BCUT2D eigenvalue weighted by atomic mass is 16.5. The predicted molar refractivity (Wildman–Crippen MR) is 61.2 cm³/mol. The molecule has 0 aliphatic heterocycles. The lowest BCUT2D eigenvalue weighted by atomic mass is 10.2. The Bertz CT molecular complexity index is 412. The van der Waals surface area contributed by atoms with E-state index in [0.717, 1.165) is 6.08 Å². The monoisotopic (exact) mass is 219 g/mol. The summed E-state index contributed by atoms with van der Waals surface area (Å²) in [4.78, 5) is 22.4. The molecule has 0 atom stereocenters. The van der Waals surface area contributed by atoms with Crippen LogP contribution in [0.4, 0.5) is 5.69 Å². The molecular weight excluding hydrogens is 206 g/mol. The molecule has 0 saturated carbocycles. The van der Waals surface area contributed by atoms with E-state index in [-0.39, 0.29) is 5.91 Å². The molecule has 0 heterocycles. The lowest BCUT2D eigenvalue weighted by Crippen LogP contribution is -2.09. The van der Waals surface area contributed by atoms with Crippen molar-refractivity contribution in [2.24, 2.45) is 0 Å². The van der Waals surface area contributed by atoms with Crippen molar-refractivity contribution < 1.29 is 14.3 Å². The van der Waals surface area contributed by atoms with Gasteiger partial charge in [-0.2, -0.15) is 0 Å². The van der Waals surface area contributed by atoms with Gasteiger partial charge in [-0.25, -0.2) is 4.79 Å². The minimum absolute atomic E-state index is 0.319. The Morgan fingerprint density at radius 2 is 2.25 bits per heavy atom. The number of rotatable bonds is 4. The number of esters is 1. The average molecular weight is 219 g/mol. The second-order valence-electron chi connectivity index (χ2n) is 2.99. The SMILES string of the molecule is C=CC(=O)Nc1cccc(C(=O)OCC)c1. The van der Waals surface area contributed by atoms with Crippen LogP contribution in [0.3, 0.4) is 0 Å². The predicted octanol–water partition coefficient (Wildman–Crippen LogP) is 1.99. The van der Waals surface area contributed by atoms with Gasteiger partial charge in [0.2, 0.25) is 5.91 Å². The summed E-state index contributed by atoms with van der Waals surface area (Å²) < 4.78 is 4.84. The summed E-state index contributed by atoms with van der Waals surface area (Å²) in [7, 11) is 0. The number of nitrogens with one attached hydrogen (secondary N) is 1. The van der Waals surface area contributed by atoms with Gasteiger partial charge in [0, 0.05) is 5.69 Å². The molecule has 1 amide bonds. The van der Waals surface area contributed by atoms with Crippen LogP contribution in [-0.2, 0) is 9.53 Å². The van der Waals surface area contributed by atoms with Crippen LogP contribution in [0.2, 0.25) is 0 Å². The summed E-state index contributed by atoms with van der Waals surface area (Å²) in [5, 5.41) is 2.56. The van der Waals surface area contributed by atoms with Crippen molar-refractivity contribution in [1.82, 2.24) is 0 Å². The second-order valence-corrected chi connectivity index (χ2v) is 2.99. The van der Waals surface area contributed by atoms with Gasteiger partial charge < -0.3 is 10.1 Å². The molecule has 4 heteroatoms. The van der Waals surface area contributed by atoms with Crippen molar-refractivity contribution in [1.29, 1.82) is 0 Å². The molecule has 16 heavy (non-hydrogen) atoms. The molecular formula is C12H13NO3. The van der Waals surface area contributed by atoms with Crippen molar-refractivity contribution in [3.63, 3.8) is 0 Å². The normalized spacial score (nSPS) is 9.31. The fourth-order valence-corrected chi connectivity index (χ4v) is 1.13. The van der Waals surface area contributed by atoms with Crippen molar-refractivity contribution in [3.8, 4) is 0 Å². The third-order valence-electron chi connectivity index (χ3n) is 1.83. The van der Waals surface area contributed by atoms with E-state index < -0.39 is 5.97 Å². The quantitative estimate of drug-likeness (QED) is 0.622. The minimum atomic E-state index is -0.405. The van der Waals surface area contributed by atoms with Crippen molar-refractivity contribution in [2.45, 2.75) is 6.92 Å². The van der Waals surface area contributed by atoms with E-state index >= 15 is 0 Å². The molecule has 0 aromatic heterocycles. The van der Waals surface area contributed by atoms with E-state index in [2.05, 4.69) is 11.9 Å². The van der Waals surface area contributed by atoms with Crippen molar-refractivity contribution in [2.75, 3.05) is 11.9 Å². The standard InChI is InChI=1S/C12H13NO3/c1-3-11(14)13-10-7-5-6-9(8-10)12(15)16-4-2/h3,5-8H,1,4H2,2H3,(H,13,14). The molecule has 0 bridgehead atoms. The Labute approximate surface area is 93.9 Å². The van der Waals surface area contributed by atoms with Crippen molar-refractivity contribution in [3.05, 3.63) is 42.5 Å². The van der Waals surface area contributed by atoms with Crippen LogP contribution < -0.4 is 5.32 Å². The Balaban J connectivity index is 2.82. The molecule has 0 spiro atoms. The Kier molecular flexibility index (Phi) is 4.27.